The fraction of sp³-hybridized carbons (Fsp3) is 0.833. The molecule has 1 aliphatic rings. The van der Waals surface area contributed by atoms with Gasteiger partial charge in [-0.3, -0.25) is 0 Å². The van der Waals surface area contributed by atoms with E-state index in [2.05, 4.69) is 36.3 Å². The zero-order valence-corrected chi connectivity index (χ0v) is 11.2. The number of nitrogens with one attached hydrogen (secondary N) is 1. The van der Waals surface area contributed by atoms with Gasteiger partial charge in [0.2, 0.25) is 0 Å². The Morgan fingerprint density at radius 1 is 1.31 bits per heavy atom. The summed E-state index contributed by atoms with van der Waals surface area (Å²) in [5.41, 5.74) is 0. The molecule has 1 N–H and O–H groups in total. The molecule has 2 rings (SSSR count). The molecule has 0 radical (unpaired) electrons. The molecule has 0 spiro atoms. The lowest BCUT2D eigenvalue weighted by Gasteiger charge is -2.10. The minimum Gasteiger partial charge on any atom is -0.314 e. The summed E-state index contributed by atoms with van der Waals surface area (Å²) < 4.78 is 0. The van der Waals surface area contributed by atoms with E-state index in [9.17, 15) is 0 Å². The standard InChI is InChI=1S/C12H21N3S/c1-8(2)9(3)12-15-14-11(16-12)6-7-13-10-4-5-10/h8-10,13H,4-7H2,1-3H3. The lowest BCUT2D eigenvalue weighted by Crippen LogP contribution is -2.19. The summed E-state index contributed by atoms with van der Waals surface area (Å²) in [6, 6.07) is 0.793. The molecule has 0 saturated heterocycles. The Morgan fingerprint density at radius 3 is 2.69 bits per heavy atom. The van der Waals surface area contributed by atoms with E-state index in [1.807, 2.05) is 0 Å². The Kier molecular flexibility index (Phi) is 3.92. The quantitative estimate of drug-likeness (QED) is 0.829. The van der Waals surface area contributed by atoms with Gasteiger partial charge in [-0.25, -0.2) is 0 Å². The minimum atomic E-state index is 0.530. The van der Waals surface area contributed by atoms with E-state index in [0.29, 0.717) is 11.8 Å². The maximum Gasteiger partial charge on any atom is 0.120 e. The summed E-state index contributed by atoms with van der Waals surface area (Å²) in [7, 11) is 0. The summed E-state index contributed by atoms with van der Waals surface area (Å²) in [6.07, 6.45) is 3.73. The molecule has 3 nitrogen and oxygen atoms in total. The van der Waals surface area contributed by atoms with Crippen LogP contribution < -0.4 is 5.32 Å². The molecule has 1 fully saturated rings. The van der Waals surface area contributed by atoms with Crippen molar-refractivity contribution < 1.29 is 0 Å². The molecule has 0 aliphatic heterocycles. The predicted molar refractivity (Wildman–Crippen MR) is 67.9 cm³/mol. The van der Waals surface area contributed by atoms with Gasteiger partial charge in [0.1, 0.15) is 10.0 Å². The van der Waals surface area contributed by atoms with Gasteiger partial charge in [0.25, 0.3) is 0 Å². The molecule has 4 heteroatoms. The summed E-state index contributed by atoms with van der Waals surface area (Å²) >= 11 is 1.78. The molecule has 1 saturated carbocycles. The van der Waals surface area contributed by atoms with Crippen LogP contribution in [0.4, 0.5) is 0 Å². The summed E-state index contributed by atoms with van der Waals surface area (Å²) in [5.74, 6) is 1.17. The molecule has 1 heterocycles. The van der Waals surface area contributed by atoms with Gasteiger partial charge in [-0.15, -0.1) is 21.5 Å². The lowest BCUT2D eigenvalue weighted by atomic mass is 9.99. The van der Waals surface area contributed by atoms with Gasteiger partial charge in [0.05, 0.1) is 0 Å². The van der Waals surface area contributed by atoms with Crippen LogP contribution in [0.25, 0.3) is 0 Å². The van der Waals surface area contributed by atoms with Gasteiger partial charge >= 0.3 is 0 Å². The largest absolute Gasteiger partial charge is 0.314 e. The number of hydrogen-bond donors (Lipinski definition) is 1. The Morgan fingerprint density at radius 2 is 2.06 bits per heavy atom. The molecular weight excluding hydrogens is 218 g/mol. The highest BCUT2D eigenvalue weighted by molar-refractivity contribution is 7.11. The van der Waals surface area contributed by atoms with Gasteiger partial charge in [0.15, 0.2) is 0 Å². The first-order valence-corrected chi connectivity index (χ1v) is 7.04. The number of aromatic nitrogens is 2. The second-order valence-corrected chi connectivity index (χ2v) is 6.14. The van der Waals surface area contributed by atoms with E-state index in [0.717, 1.165) is 19.0 Å². The molecule has 1 aliphatic carbocycles. The van der Waals surface area contributed by atoms with Crippen molar-refractivity contribution in [2.75, 3.05) is 6.54 Å². The number of nitrogens with zero attached hydrogens (tertiary/aromatic N) is 2. The predicted octanol–water partition coefficient (Wildman–Crippen LogP) is 2.59. The third kappa shape index (κ3) is 3.25. The zero-order valence-electron chi connectivity index (χ0n) is 10.4. The van der Waals surface area contributed by atoms with E-state index in [1.54, 1.807) is 11.3 Å². The summed E-state index contributed by atoms with van der Waals surface area (Å²) in [5, 5.41) is 14.4. The SMILES string of the molecule is CC(C)C(C)c1nnc(CCNC2CC2)s1. The number of rotatable bonds is 6. The normalized spacial score (nSPS) is 18.0. The minimum absolute atomic E-state index is 0.530. The van der Waals surface area contributed by atoms with Crippen molar-refractivity contribution in [3.63, 3.8) is 0 Å². The van der Waals surface area contributed by atoms with Crippen molar-refractivity contribution in [2.45, 2.75) is 52.0 Å². The van der Waals surface area contributed by atoms with Gasteiger partial charge in [-0.2, -0.15) is 0 Å². The van der Waals surface area contributed by atoms with Gasteiger partial charge in [-0.1, -0.05) is 20.8 Å². The topological polar surface area (TPSA) is 37.8 Å². The van der Waals surface area contributed by atoms with Crippen molar-refractivity contribution in [3.05, 3.63) is 10.0 Å². The average molecular weight is 239 g/mol. The van der Waals surface area contributed by atoms with Crippen molar-refractivity contribution >= 4 is 11.3 Å². The summed E-state index contributed by atoms with van der Waals surface area (Å²) in [4.78, 5) is 0. The van der Waals surface area contributed by atoms with Crippen molar-refractivity contribution in [1.29, 1.82) is 0 Å². The van der Waals surface area contributed by atoms with Gasteiger partial charge < -0.3 is 5.32 Å². The van der Waals surface area contributed by atoms with E-state index in [1.165, 1.54) is 22.9 Å². The molecule has 1 aromatic rings. The van der Waals surface area contributed by atoms with Gasteiger partial charge in [0, 0.05) is 24.9 Å². The molecule has 0 amide bonds. The Balaban J connectivity index is 1.81. The van der Waals surface area contributed by atoms with Crippen molar-refractivity contribution in [1.82, 2.24) is 15.5 Å². The number of hydrogen-bond acceptors (Lipinski definition) is 4. The smallest absolute Gasteiger partial charge is 0.120 e. The van der Waals surface area contributed by atoms with Crippen LogP contribution in [-0.2, 0) is 6.42 Å². The Hall–Kier alpha value is -0.480. The van der Waals surface area contributed by atoms with Crippen LogP contribution in [0.3, 0.4) is 0 Å². The highest BCUT2D eigenvalue weighted by Gasteiger charge is 2.20. The lowest BCUT2D eigenvalue weighted by molar-refractivity contribution is 0.529. The average Bonchev–Trinajstić information content (AvgIpc) is 2.94. The third-order valence-electron chi connectivity index (χ3n) is 3.22. The van der Waals surface area contributed by atoms with E-state index < -0.39 is 0 Å². The van der Waals surface area contributed by atoms with Crippen LogP contribution in [0.1, 0.15) is 49.5 Å². The highest BCUT2D eigenvalue weighted by atomic mass is 32.1. The highest BCUT2D eigenvalue weighted by Crippen LogP contribution is 2.26. The van der Waals surface area contributed by atoms with Crippen LogP contribution in [0, 0.1) is 5.92 Å². The maximum atomic E-state index is 4.29. The molecule has 0 bridgehead atoms. The van der Waals surface area contributed by atoms with Gasteiger partial charge in [-0.05, 0) is 18.8 Å². The second kappa shape index (κ2) is 5.23. The second-order valence-electron chi connectivity index (χ2n) is 5.05. The Bertz CT molecular complexity index is 331. The fourth-order valence-corrected chi connectivity index (χ4v) is 2.57. The first-order valence-electron chi connectivity index (χ1n) is 6.22. The zero-order chi connectivity index (χ0) is 11.5. The monoisotopic (exact) mass is 239 g/mol. The first-order chi connectivity index (χ1) is 7.66. The van der Waals surface area contributed by atoms with Crippen LogP contribution >= 0.6 is 11.3 Å². The first kappa shape index (κ1) is 12.0. The van der Waals surface area contributed by atoms with E-state index in [4.69, 9.17) is 0 Å². The van der Waals surface area contributed by atoms with Crippen molar-refractivity contribution in [2.24, 2.45) is 5.92 Å². The van der Waals surface area contributed by atoms with Crippen molar-refractivity contribution in [3.8, 4) is 0 Å². The molecular formula is C12H21N3S. The molecule has 1 aromatic heterocycles. The van der Waals surface area contributed by atoms with Crippen LogP contribution in [0.2, 0.25) is 0 Å². The molecule has 1 unspecified atom stereocenters. The van der Waals surface area contributed by atoms with Crippen LogP contribution in [0.15, 0.2) is 0 Å². The van der Waals surface area contributed by atoms with Crippen LogP contribution in [-0.4, -0.2) is 22.8 Å². The van der Waals surface area contributed by atoms with E-state index >= 15 is 0 Å². The molecule has 0 aromatic carbocycles. The fourth-order valence-electron chi connectivity index (χ4n) is 1.51. The van der Waals surface area contributed by atoms with Crippen LogP contribution in [0.5, 0.6) is 0 Å². The van der Waals surface area contributed by atoms with E-state index in [-0.39, 0.29) is 0 Å². The summed E-state index contributed by atoms with van der Waals surface area (Å²) in [6.45, 7) is 7.76. The maximum absolute atomic E-state index is 4.29. The molecule has 1 atom stereocenters. The molecule has 90 valence electrons. The molecule has 16 heavy (non-hydrogen) atoms. The Labute approximate surface area is 102 Å². The third-order valence-corrected chi connectivity index (χ3v) is 4.41.